The Kier molecular flexibility index (Phi) is 4.71. The van der Waals surface area contributed by atoms with E-state index >= 15 is 0 Å². The second-order valence-electron chi connectivity index (χ2n) is 7.27. The lowest BCUT2D eigenvalue weighted by atomic mass is 9.81. The molecular formula is C18H25NO4S. The zero-order valence-corrected chi connectivity index (χ0v) is 14.9. The molecule has 2 atom stereocenters. The number of rotatable bonds is 6. The van der Waals surface area contributed by atoms with Gasteiger partial charge in [0, 0.05) is 13.1 Å². The van der Waals surface area contributed by atoms with E-state index in [2.05, 4.69) is 4.90 Å². The van der Waals surface area contributed by atoms with Gasteiger partial charge in [-0.15, -0.1) is 0 Å². The summed E-state index contributed by atoms with van der Waals surface area (Å²) in [6.45, 7) is 3.93. The highest BCUT2D eigenvalue weighted by Crippen LogP contribution is 2.48. The van der Waals surface area contributed by atoms with Gasteiger partial charge in [-0.1, -0.05) is 24.1 Å². The summed E-state index contributed by atoms with van der Waals surface area (Å²) < 4.78 is 24.7. The Balaban J connectivity index is 1.56. The molecule has 1 saturated heterocycles. The molecule has 0 radical (unpaired) electrons. The fourth-order valence-corrected chi connectivity index (χ4v) is 5.55. The van der Waals surface area contributed by atoms with E-state index in [0.717, 1.165) is 31.4 Å². The summed E-state index contributed by atoms with van der Waals surface area (Å²) in [5, 5.41) is 9.60. The molecule has 2 aliphatic rings. The van der Waals surface area contributed by atoms with E-state index in [1.54, 1.807) is 12.1 Å². The van der Waals surface area contributed by atoms with Crippen molar-refractivity contribution in [1.82, 2.24) is 4.90 Å². The fourth-order valence-electron chi connectivity index (χ4n) is 4.25. The van der Waals surface area contributed by atoms with Gasteiger partial charge >= 0.3 is 5.97 Å². The van der Waals surface area contributed by atoms with Crippen molar-refractivity contribution in [2.45, 2.75) is 37.5 Å². The highest BCUT2D eigenvalue weighted by molar-refractivity contribution is 7.91. The third-order valence-corrected chi connectivity index (χ3v) is 7.45. The summed E-state index contributed by atoms with van der Waals surface area (Å²) in [6, 6.07) is 6.94. The van der Waals surface area contributed by atoms with E-state index in [0.29, 0.717) is 24.4 Å². The lowest BCUT2D eigenvalue weighted by Crippen LogP contribution is -2.36. The van der Waals surface area contributed by atoms with E-state index in [1.807, 2.05) is 19.1 Å². The molecule has 0 amide bonds. The van der Waals surface area contributed by atoms with Gasteiger partial charge in [0.05, 0.1) is 16.1 Å². The van der Waals surface area contributed by atoms with Gasteiger partial charge in [-0.3, -0.25) is 4.79 Å². The summed E-state index contributed by atoms with van der Waals surface area (Å²) in [5.41, 5.74) is 0.451. The molecule has 1 aromatic rings. The van der Waals surface area contributed by atoms with Crippen molar-refractivity contribution in [3.63, 3.8) is 0 Å². The van der Waals surface area contributed by atoms with Gasteiger partial charge in [0.15, 0.2) is 9.84 Å². The Morgan fingerprint density at radius 1 is 1.33 bits per heavy atom. The average molecular weight is 351 g/mol. The van der Waals surface area contributed by atoms with Crippen molar-refractivity contribution < 1.29 is 18.3 Å². The van der Waals surface area contributed by atoms with Gasteiger partial charge in [0.25, 0.3) is 0 Å². The maximum atomic E-state index is 12.4. The molecule has 1 aliphatic carbocycles. The molecule has 2 fully saturated rings. The number of hydrogen-bond donors (Lipinski definition) is 1. The number of carboxylic acids is 1. The highest BCUT2D eigenvalue weighted by Gasteiger charge is 2.54. The SMILES string of the molecule is Cc1ccc(S(=O)(=O)CCCN2C[C@@H]3CCC[C@@]3(C(=O)O)C2)cc1. The van der Waals surface area contributed by atoms with Crippen molar-refractivity contribution in [2.24, 2.45) is 11.3 Å². The summed E-state index contributed by atoms with van der Waals surface area (Å²) in [7, 11) is -3.26. The van der Waals surface area contributed by atoms with Crippen molar-refractivity contribution in [1.29, 1.82) is 0 Å². The number of aliphatic carboxylic acids is 1. The molecule has 1 N–H and O–H groups in total. The maximum absolute atomic E-state index is 12.4. The van der Waals surface area contributed by atoms with Crippen LogP contribution in [-0.4, -0.2) is 49.8 Å². The van der Waals surface area contributed by atoms with Crippen LogP contribution in [0.2, 0.25) is 0 Å². The number of likely N-dealkylation sites (tertiary alicyclic amines) is 1. The van der Waals surface area contributed by atoms with Crippen LogP contribution in [0.25, 0.3) is 0 Å². The van der Waals surface area contributed by atoms with Crippen molar-refractivity contribution in [2.75, 3.05) is 25.4 Å². The lowest BCUT2D eigenvalue weighted by Gasteiger charge is -2.23. The predicted molar refractivity (Wildman–Crippen MR) is 91.7 cm³/mol. The zero-order chi connectivity index (χ0) is 17.4. The van der Waals surface area contributed by atoms with Gasteiger partial charge < -0.3 is 10.0 Å². The Morgan fingerprint density at radius 2 is 2.04 bits per heavy atom. The zero-order valence-electron chi connectivity index (χ0n) is 14.1. The fraction of sp³-hybridized carbons (Fsp3) is 0.611. The molecular weight excluding hydrogens is 326 g/mol. The van der Waals surface area contributed by atoms with Crippen LogP contribution in [0.1, 0.15) is 31.2 Å². The highest BCUT2D eigenvalue weighted by atomic mass is 32.2. The summed E-state index contributed by atoms with van der Waals surface area (Å²) >= 11 is 0. The third-order valence-electron chi connectivity index (χ3n) is 5.63. The number of sulfone groups is 1. The van der Waals surface area contributed by atoms with Crippen LogP contribution in [0.4, 0.5) is 0 Å². The van der Waals surface area contributed by atoms with Gasteiger partial charge in [-0.05, 0) is 50.8 Å². The lowest BCUT2D eigenvalue weighted by molar-refractivity contribution is -0.149. The first-order chi connectivity index (χ1) is 11.3. The second kappa shape index (κ2) is 6.48. The molecule has 0 unspecified atom stereocenters. The number of carboxylic acid groups (broad SMARTS) is 1. The van der Waals surface area contributed by atoms with E-state index in [-0.39, 0.29) is 11.7 Å². The van der Waals surface area contributed by atoms with E-state index in [4.69, 9.17) is 0 Å². The third kappa shape index (κ3) is 3.22. The second-order valence-corrected chi connectivity index (χ2v) is 9.38. The van der Waals surface area contributed by atoms with Gasteiger partial charge in [-0.2, -0.15) is 0 Å². The first-order valence-electron chi connectivity index (χ1n) is 8.59. The first-order valence-corrected chi connectivity index (χ1v) is 10.2. The number of fused-ring (bicyclic) bond motifs is 1. The maximum Gasteiger partial charge on any atom is 0.311 e. The molecule has 1 saturated carbocycles. The van der Waals surface area contributed by atoms with Gasteiger partial charge in [-0.25, -0.2) is 8.42 Å². The summed E-state index contributed by atoms with van der Waals surface area (Å²) in [6.07, 6.45) is 3.26. The number of benzene rings is 1. The molecule has 6 heteroatoms. The van der Waals surface area contributed by atoms with Gasteiger partial charge in [0.2, 0.25) is 0 Å². The van der Waals surface area contributed by atoms with E-state index in [1.165, 1.54) is 0 Å². The minimum absolute atomic E-state index is 0.108. The molecule has 24 heavy (non-hydrogen) atoms. The Bertz CT molecular complexity index is 713. The standard InChI is InChI=1S/C18H25NO4S/c1-14-5-7-16(8-6-14)24(22,23)11-3-10-19-12-15-4-2-9-18(15,13-19)17(20)21/h5-8,15H,2-4,9-13H2,1H3,(H,20,21)/t15-,18+/m0/s1. The van der Waals surface area contributed by atoms with Crippen LogP contribution >= 0.6 is 0 Å². The van der Waals surface area contributed by atoms with Crippen LogP contribution in [0.5, 0.6) is 0 Å². The van der Waals surface area contributed by atoms with Crippen LogP contribution in [0.3, 0.4) is 0 Å². The van der Waals surface area contributed by atoms with Crippen LogP contribution in [0.15, 0.2) is 29.2 Å². The van der Waals surface area contributed by atoms with Crippen LogP contribution in [0, 0.1) is 18.3 Å². The number of carbonyl (C=O) groups is 1. The topological polar surface area (TPSA) is 74.7 Å². The Hall–Kier alpha value is -1.40. The van der Waals surface area contributed by atoms with Crippen molar-refractivity contribution in [3.8, 4) is 0 Å². The molecule has 1 heterocycles. The normalized spacial score (nSPS) is 27.3. The van der Waals surface area contributed by atoms with Crippen molar-refractivity contribution in [3.05, 3.63) is 29.8 Å². The minimum atomic E-state index is -3.26. The number of nitrogens with zero attached hydrogens (tertiary/aromatic N) is 1. The summed E-state index contributed by atoms with van der Waals surface area (Å²) in [5.74, 6) is -0.347. The van der Waals surface area contributed by atoms with Crippen LogP contribution < -0.4 is 0 Å². The molecule has 1 aliphatic heterocycles. The summed E-state index contributed by atoms with van der Waals surface area (Å²) in [4.78, 5) is 14.2. The molecule has 0 aromatic heterocycles. The molecule has 132 valence electrons. The molecule has 0 spiro atoms. The van der Waals surface area contributed by atoms with Crippen LogP contribution in [-0.2, 0) is 14.6 Å². The largest absolute Gasteiger partial charge is 0.481 e. The molecule has 0 bridgehead atoms. The van der Waals surface area contributed by atoms with E-state index < -0.39 is 21.2 Å². The van der Waals surface area contributed by atoms with Gasteiger partial charge in [0.1, 0.15) is 0 Å². The average Bonchev–Trinajstić information content (AvgIpc) is 3.05. The number of aryl methyl sites for hydroxylation is 1. The minimum Gasteiger partial charge on any atom is -0.481 e. The smallest absolute Gasteiger partial charge is 0.311 e. The monoisotopic (exact) mass is 351 g/mol. The quantitative estimate of drug-likeness (QED) is 0.851. The molecule has 5 nitrogen and oxygen atoms in total. The van der Waals surface area contributed by atoms with E-state index in [9.17, 15) is 18.3 Å². The Morgan fingerprint density at radius 3 is 2.67 bits per heavy atom. The Labute approximate surface area is 143 Å². The molecule has 3 rings (SSSR count). The number of hydrogen-bond acceptors (Lipinski definition) is 4. The first kappa shape index (κ1) is 17.4. The van der Waals surface area contributed by atoms with Crippen molar-refractivity contribution >= 4 is 15.8 Å². The molecule has 1 aromatic carbocycles. The predicted octanol–water partition coefficient (Wildman–Crippen LogP) is 2.35.